The van der Waals surface area contributed by atoms with Gasteiger partial charge in [-0.1, -0.05) is 0 Å². The molecule has 2 aromatic rings. The molecule has 144 valence electrons. The number of hydrogen-bond acceptors (Lipinski definition) is 7. The molecule has 3 heterocycles. The highest BCUT2D eigenvalue weighted by molar-refractivity contribution is 7.89. The van der Waals surface area contributed by atoms with Crippen LogP contribution in [0.25, 0.3) is 0 Å². The van der Waals surface area contributed by atoms with E-state index >= 15 is 0 Å². The fourth-order valence-corrected chi connectivity index (χ4v) is 4.73. The Labute approximate surface area is 157 Å². The fourth-order valence-electron chi connectivity index (χ4n) is 3.30. The van der Waals surface area contributed by atoms with E-state index in [2.05, 4.69) is 10.2 Å². The summed E-state index contributed by atoms with van der Waals surface area (Å²) >= 11 is 0. The summed E-state index contributed by atoms with van der Waals surface area (Å²) in [4.78, 5) is 13.7. The molecular weight excluding hydrogens is 372 g/mol. The summed E-state index contributed by atoms with van der Waals surface area (Å²) in [6, 6.07) is 6.43. The topological polar surface area (TPSA) is 106 Å². The average molecular weight is 392 g/mol. The summed E-state index contributed by atoms with van der Waals surface area (Å²) in [7, 11) is -3.69. The van der Waals surface area contributed by atoms with Gasteiger partial charge in [0, 0.05) is 38.7 Å². The van der Waals surface area contributed by atoms with Crippen molar-refractivity contribution in [1.82, 2.24) is 14.5 Å². The van der Waals surface area contributed by atoms with E-state index in [1.165, 1.54) is 16.4 Å². The zero-order valence-corrected chi connectivity index (χ0v) is 15.7. The van der Waals surface area contributed by atoms with Gasteiger partial charge in [-0.05, 0) is 30.7 Å². The van der Waals surface area contributed by atoms with Crippen LogP contribution in [-0.2, 0) is 19.6 Å². The maximum atomic E-state index is 13.0. The van der Waals surface area contributed by atoms with Crippen LogP contribution in [0.3, 0.4) is 0 Å². The van der Waals surface area contributed by atoms with Gasteiger partial charge >= 0.3 is 0 Å². The van der Waals surface area contributed by atoms with Gasteiger partial charge in [0.2, 0.25) is 27.7 Å². The van der Waals surface area contributed by atoms with Crippen molar-refractivity contribution in [2.45, 2.75) is 30.8 Å². The number of hydrogen-bond donors (Lipinski definition) is 0. The molecule has 0 saturated carbocycles. The first-order chi connectivity index (χ1) is 12.9. The van der Waals surface area contributed by atoms with Crippen LogP contribution >= 0.6 is 0 Å². The molecule has 0 bridgehead atoms. The zero-order chi connectivity index (χ0) is 19.0. The predicted molar refractivity (Wildman–Crippen MR) is 94.5 cm³/mol. The Hall–Kier alpha value is -2.30. The molecule has 2 fully saturated rings. The lowest BCUT2D eigenvalue weighted by atomic mass is 10.3. The number of nitrogens with zero attached hydrogens (tertiary/aromatic N) is 4. The van der Waals surface area contributed by atoms with E-state index in [0.717, 1.165) is 12.1 Å². The maximum absolute atomic E-state index is 13.0. The summed E-state index contributed by atoms with van der Waals surface area (Å²) in [6.45, 7) is 2.93. The monoisotopic (exact) mass is 392 g/mol. The first-order valence-corrected chi connectivity index (χ1v) is 10.2. The van der Waals surface area contributed by atoms with Gasteiger partial charge in [0.05, 0.1) is 11.5 Å². The number of benzene rings is 1. The van der Waals surface area contributed by atoms with Gasteiger partial charge in [0.15, 0.2) is 0 Å². The average Bonchev–Trinajstić information content (AvgIpc) is 3.30. The molecule has 1 aromatic heterocycles. The number of ether oxygens (including phenoxy) is 1. The first-order valence-electron chi connectivity index (χ1n) is 8.77. The lowest BCUT2D eigenvalue weighted by molar-refractivity contribution is -0.117. The van der Waals surface area contributed by atoms with Gasteiger partial charge in [-0.15, -0.1) is 10.2 Å². The molecule has 1 amide bonds. The Kier molecular flexibility index (Phi) is 4.70. The predicted octanol–water partition coefficient (Wildman–Crippen LogP) is 1.27. The minimum Gasteiger partial charge on any atom is -0.423 e. The summed E-state index contributed by atoms with van der Waals surface area (Å²) in [5.74, 6) is 0.743. The maximum Gasteiger partial charge on any atom is 0.246 e. The molecule has 1 atom stereocenters. The van der Waals surface area contributed by atoms with Crippen molar-refractivity contribution < 1.29 is 22.4 Å². The van der Waals surface area contributed by atoms with Crippen molar-refractivity contribution in [3.63, 3.8) is 0 Å². The molecule has 2 aliphatic rings. The minimum atomic E-state index is -3.69. The molecule has 0 N–H and O–H groups in total. The van der Waals surface area contributed by atoms with Crippen molar-refractivity contribution in [2.75, 3.05) is 31.1 Å². The third-order valence-corrected chi connectivity index (χ3v) is 6.59. The largest absolute Gasteiger partial charge is 0.423 e. The van der Waals surface area contributed by atoms with E-state index in [1.54, 1.807) is 24.0 Å². The molecule has 2 aliphatic heterocycles. The molecule has 2 saturated heterocycles. The Bertz CT molecular complexity index is 940. The van der Waals surface area contributed by atoms with Gasteiger partial charge in [0.25, 0.3) is 0 Å². The molecule has 4 rings (SSSR count). The van der Waals surface area contributed by atoms with E-state index in [-0.39, 0.29) is 36.4 Å². The Morgan fingerprint density at radius 3 is 2.56 bits per heavy atom. The summed E-state index contributed by atoms with van der Waals surface area (Å²) < 4.78 is 38.3. The van der Waals surface area contributed by atoms with Crippen LogP contribution in [0.15, 0.2) is 33.6 Å². The molecule has 0 aliphatic carbocycles. The van der Waals surface area contributed by atoms with Crippen LogP contribution in [0.1, 0.15) is 30.7 Å². The molecule has 0 spiro atoms. The highest BCUT2D eigenvalue weighted by Gasteiger charge is 2.34. The number of aromatic nitrogens is 2. The molecule has 9 nitrogen and oxygen atoms in total. The lowest BCUT2D eigenvalue weighted by Crippen LogP contribution is -2.42. The van der Waals surface area contributed by atoms with E-state index in [1.807, 2.05) is 0 Å². The van der Waals surface area contributed by atoms with Crippen molar-refractivity contribution >= 4 is 21.6 Å². The third-order valence-electron chi connectivity index (χ3n) is 4.71. The number of anilines is 1. The highest BCUT2D eigenvalue weighted by atomic mass is 32.2. The fraction of sp³-hybridized carbons (Fsp3) is 0.471. The smallest absolute Gasteiger partial charge is 0.246 e. The zero-order valence-electron chi connectivity index (χ0n) is 14.9. The number of sulfonamides is 1. The SMILES string of the molecule is Cc1nnc(C2CN(S(=O)(=O)c3ccc(N4CCCC4=O)cc3)CCO2)o1. The normalized spacial score (nSPS) is 21.7. The van der Waals surface area contributed by atoms with Crippen molar-refractivity contribution in [2.24, 2.45) is 0 Å². The molecular formula is C17H20N4O5S. The van der Waals surface area contributed by atoms with E-state index < -0.39 is 16.1 Å². The minimum absolute atomic E-state index is 0.0662. The second kappa shape index (κ2) is 7.02. The Morgan fingerprint density at radius 2 is 1.93 bits per heavy atom. The number of rotatable bonds is 4. The molecule has 1 unspecified atom stereocenters. The Balaban J connectivity index is 1.52. The van der Waals surface area contributed by atoms with Crippen LogP contribution in [-0.4, -0.2) is 55.1 Å². The second-order valence-electron chi connectivity index (χ2n) is 6.52. The van der Waals surface area contributed by atoms with Gasteiger partial charge in [-0.2, -0.15) is 4.31 Å². The number of morpholine rings is 1. The van der Waals surface area contributed by atoms with E-state index in [9.17, 15) is 13.2 Å². The van der Waals surface area contributed by atoms with Crippen molar-refractivity contribution in [3.8, 4) is 0 Å². The second-order valence-corrected chi connectivity index (χ2v) is 8.46. The first kappa shape index (κ1) is 18.1. The van der Waals surface area contributed by atoms with Crippen molar-refractivity contribution in [3.05, 3.63) is 36.0 Å². The van der Waals surface area contributed by atoms with Crippen LogP contribution < -0.4 is 4.90 Å². The van der Waals surface area contributed by atoms with Crippen LogP contribution in [0.5, 0.6) is 0 Å². The summed E-state index contributed by atoms with van der Waals surface area (Å²) in [6.07, 6.45) is 0.768. The molecule has 0 radical (unpaired) electrons. The summed E-state index contributed by atoms with van der Waals surface area (Å²) in [5, 5.41) is 7.68. The van der Waals surface area contributed by atoms with E-state index in [0.29, 0.717) is 18.9 Å². The molecule has 10 heteroatoms. The lowest BCUT2D eigenvalue weighted by Gasteiger charge is -2.30. The van der Waals surface area contributed by atoms with Gasteiger partial charge in [-0.3, -0.25) is 4.79 Å². The van der Waals surface area contributed by atoms with Gasteiger partial charge < -0.3 is 14.1 Å². The molecule has 1 aromatic carbocycles. The number of carbonyl (C=O) groups excluding carboxylic acids is 1. The van der Waals surface area contributed by atoms with Crippen molar-refractivity contribution in [1.29, 1.82) is 0 Å². The van der Waals surface area contributed by atoms with Crippen LogP contribution in [0.4, 0.5) is 5.69 Å². The number of aryl methyl sites for hydroxylation is 1. The standard InChI is InChI=1S/C17H20N4O5S/c1-12-18-19-17(26-12)15-11-20(9-10-25-15)27(23,24)14-6-4-13(5-7-14)21-8-2-3-16(21)22/h4-7,15H,2-3,8-11H2,1H3. The quantitative estimate of drug-likeness (QED) is 0.771. The molecule has 27 heavy (non-hydrogen) atoms. The van der Waals surface area contributed by atoms with Gasteiger partial charge in [-0.25, -0.2) is 8.42 Å². The van der Waals surface area contributed by atoms with Crippen LogP contribution in [0.2, 0.25) is 0 Å². The Morgan fingerprint density at radius 1 is 1.15 bits per heavy atom. The number of carbonyl (C=O) groups is 1. The summed E-state index contributed by atoms with van der Waals surface area (Å²) in [5.41, 5.74) is 0.720. The van der Waals surface area contributed by atoms with Crippen LogP contribution in [0, 0.1) is 6.92 Å². The highest BCUT2D eigenvalue weighted by Crippen LogP contribution is 2.28. The third kappa shape index (κ3) is 3.47. The van der Waals surface area contributed by atoms with Gasteiger partial charge in [0.1, 0.15) is 6.10 Å². The van der Waals surface area contributed by atoms with E-state index in [4.69, 9.17) is 9.15 Å². The number of amides is 1.